The summed E-state index contributed by atoms with van der Waals surface area (Å²) in [6.07, 6.45) is 5.17. The molecule has 0 saturated heterocycles. The van der Waals surface area contributed by atoms with Crippen molar-refractivity contribution in [2.24, 2.45) is 5.73 Å². The summed E-state index contributed by atoms with van der Waals surface area (Å²) in [6, 6.07) is -0.787. The Morgan fingerprint density at radius 3 is 2.78 bits per heavy atom. The number of nitrogens with zero attached hydrogens (tertiary/aromatic N) is 1. The van der Waals surface area contributed by atoms with Crippen molar-refractivity contribution >= 4 is 11.9 Å². The van der Waals surface area contributed by atoms with Gasteiger partial charge in [0.05, 0.1) is 18.1 Å². The van der Waals surface area contributed by atoms with Gasteiger partial charge in [-0.1, -0.05) is 0 Å². The van der Waals surface area contributed by atoms with Crippen LogP contribution < -0.4 is 11.1 Å². The minimum Gasteiger partial charge on any atom is -0.480 e. The molecule has 7 heteroatoms. The number of hydrogen-bond donors (Lipinski definition) is 4. The Bertz CT molecular complexity index is 439. The monoisotopic (exact) mass is 252 g/mol. The smallest absolute Gasteiger partial charge is 0.329 e. The second kappa shape index (κ2) is 4.77. The summed E-state index contributed by atoms with van der Waals surface area (Å²) in [4.78, 5) is 29.7. The summed E-state index contributed by atoms with van der Waals surface area (Å²) in [5, 5.41) is 11.6. The Labute approximate surface area is 104 Å². The van der Waals surface area contributed by atoms with Gasteiger partial charge in [0.15, 0.2) is 0 Å². The van der Waals surface area contributed by atoms with E-state index in [9.17, 15) is 9.59 Å². The lowest BCUT2D eigenvalue weighted by Gasteiger charge is -2.38. The van der Waals surface area contributed by atoms with Crippen molar-refractivity contribution in [1.82, 2.24) is 15.3 Å². The number of imidazole rings is 1. The van der Waals surface area contributed by atoms with E-state index in [1.807, 2.05) is 0 Å². The van der Waals surface area contributed by atoms with Crippen molar-refractivity contribution in [3.05, 3.63) is 18.2 Å². The Morgan fingerprint density at radius 2 is 2.33 bits per heavy atom. The first-order valence-electron chi connectivity index (χ1n) is 5.82. The average Bonchev–Trinajstić information content (AvgIpc) is 2.75. The molecule has 0 unspecified atom stereocenters. The first kappa shape index (κ1) is 12.6. The number of aromatic amines is 1. The second-order valence-corrected chi connectivity index (χ2v) is 4.60. The molecule has 2 rings (SSSR count). The fourth-order valence-electron chi connectivity index (χ4n) is 1.97. The molecule has 0 spiro atoms. The minimum absolute atomic E-state index is 0.283. The lowest BCUT2D eigenvalue weighted by Crippen LogP contribution is -2.62. The number of H-pyrrole nitrogens is 1. The van der Waals surface area contributed by atoms with Gasteiger partial charge < -0.3 is 21.1 Å². The van der Waals surface area contributed by atoms with Crippen molar-refractivity contribution in [1.29, 1.82) is 0 Å². The number of hydrogen-bond acceptors (Lipinski definition) is 4. The van der Waals surface area contributed by atoms with Crippen LogP contribution in [0.5, 0.6) is 0 Å². The van der Waals surface area contributed by atoms with E-state index >= 15 is 0 Å². The SMILES string of the molecule is N[C@@H](Cc1c[nH]cn1)C(=O)NC1(C(=O)O)CCC1. The fraction of sp³-hybridized carbons (Fsp3) is 0.545. The molecule has 1 heterocycles. The highest BCUT2D eigenvalue weighted by atomic mass is 16.4. The van der Waals surface area contributed by atoms with Gasteiger partial charge in [-0.2, -0.15) is 0 Å². The summed E-state index contributed by atoms with van der Waals surface area (Å²) in [7, 11) is 0. The largest absolute Gasteiger partial charge is 0.480 e. The molecule has 1 amide bonds. The van der Waals surface area contributed by atoms with E-state index in [4.69, 9.17) is 10.8 Å². The van der Waals surface area contributed by atoms with E-state index < -0.39 is 23.5 Å². The molecule has 1 aliphatic carbocycles. The molecule has 1 saturated carbocycles. The van der Waals surface area contributed by atoms with Crippen molar-refractivity contribution < 1.29 is 14.7 Å². The highest BCUT2D eigenvalue weighted by Gasteiger charge is 2.46. The number of amides is 1. The van der Waals surface area contributed by atoms with Crippen molar-refractivity contribution in [2.45, 2.75) is 37.3 Å². The van der Waals surface area contributed by atoms with Crippen LogP contribution in [0.25, 0.3) is 0 Å². The third-order valence-electron chi connectivity index (χ3n) is 3.30. The van der Waals surface area contributed by atoms with E-state index in [1.54, 1.807) is 6.20 Å². The Morgan fingerprint density at radius 1 is 1.61 bits per heavy atom. The third kappa shape index (κ3) is 2.35. The number of carboxylic acid groups (broad SMARTS) is 1. The topological polar surface area (TPSA) is 121 Å². The minimum atomic E-state index is -1.11. The number of aliphatic carboxylic acids is 1. The molecular formula is C11H16N4O3. The molecule has 18 heavy (non-hydrogen) atoms. The number of aromatic nitrogens is 2. The predicted octanol–water partition coefficient (Wildman–Crippen LogP) is -0.597. The predicted molar refractivity (Wildman–Crippen MR) is 62.6 cm³/mol. The van der Waals surface area contributed by atoms with Crippen LogP contribution in [0.2, 0.25) is 0 Å². The zero-order valence-electron chi connectivity index (χ0n) is 9.85. The zero-order chi connectivity index (χ0) is 13.2. The molecule has 1 fully saturated rings. The van der Waals surface area contributed by atoms with Gasteiger partial charge in [0, 0.05) is 12.6 Å². The van der Waals surface area contributed by atoms with Gasteiger partial charge in [-0.15, -0.1) is 0 Å². The second-order valence-electron chi connectivity index (χ2n) is 4.60. The standard InChI is InChI=1S/C11H16N4O3/c12-8(4-7-5-13-6-14-7)9(16)15-11(10(17)18)2-1-3-11/h5-6,8H,1-4,12H2,(H,13,14)(H,15,16)(H,17,18)/t8-/m0/s1. The third-order valence-corrected chi connectivity index (χ3v) is 3.30. The number of rotatable bonds is 5. The van der Waals surface area contributed by atoms with Gasteiger partial charge in [-0.3, -0.25) is 4.79 Å². The molecule has 1 aromatic heterocycles. The number of carboxylic acids is 1. The molecular weight excluding hydrogens is 236 g/mol. The van der Waals surface area contributed by atoms with Gasteiger partial charge in [0.1, 0.15) is 5.54 Å². The van der Waals surface area contributed by atoms with Crippen LogP contribution in [-0.2, 0) is 16.0 Å². The van der Waals surface area contributed by atoms with Gasteiger partial charge in [0.2, 0.25) is 5.91 Å². The molecule has 1 atom stereocenters. The quantitative estimate of drug-likeness (QED) is 0.557. The molecule has 1 aliphatic rings. The molecule has 0 aromatic carbocycles. The number of nitrogens with two attached hydrogens (primary N) is 1. The molecule has 98 valence electrons. The van der Waals surface area contributed by atoms with Gasteiger partial charge in [-0.05, 0) is 19.3 Å². The number of carbonyl (C=O) groups excluding carboxylic acids is 1. The van der Waals surface area contributed by atoms with E-state index in [0.29, 0.717) is 18.5 Å². The molecule has 0 radical (unpaired) electrons. The normalized spacial score (nSPS) is 18.7. The van der Waals surface area contributed by atoms with Crippen molar-refractivity contribution in [3.63, 3.8) is 0 Å². The Hall–Kier alpha value is -1.89. The summed E-state index contributed by atoms with van der Waals surface area (Å²) in [5.41, 5.74) is 5.30. The van der Waals surface area contributed by atoms with Crippen molar-refractivity contribution in [3.8, 4) is 0 Å². The van der Waals surface area contributed by atoms with Crippen LogP contribution in [0.1, 0.15) is 25.0 Å². The van der Waals surface area contributed by atoms with Gasteiger partial charge in [0.25, 0.3) is 0 Å². The summed E-state index contributed by atoms with van der Waals surface area (Å²) < 4.78 is 0. The van der Waals surface area contributed by atoms with Crippen LogP contribution in [0.4, 0.5) is 0 Å². The Kier molecular flexibility index (Phi) is 3.33. The van der Waals surface area contributed by atoms with E-state index in [-0.39, 0.29) is 6.42 Å². The maximum absolute atomic E-state index is 11.8. The van der Waals surface area contributed by atoms with E-state index in [1.165, 1.54) is 6.33 Å². The van der Waals surface area contributed by atoms with Gasteiger partial charge in [-0.25, -0.2) is 9.78 Å². The summed E-state index contributed by atoms with van der Waals surface area (Å²) in [5.74, 6) is -1.44. The maximum Gasteiger partial charge on any atom is 0.329 e. The van der Waals surface area contributed by atoms with Crippen LogP contribution in [-0.4, -0.2) is 38.5 Å². The van der Waals surface area contributed by atoms with Crippen LogP contribution in [0.3, 0.4) is 0 Å². The molecule has 0 aliphatic heterocycles. The molecule has 7 nitrogen and oxygen atoms in total. The maximum atomic E-state index is 11.8. The lowest BCUT2D eigenvalue weighted by atomic mass is 9.76. The molecule has 0 bridgehead atoms. The summed E-state index contributed by atoms with van der Waals surface area (Å²) >= 11 is 0. The van der Waals surface area contributed by atoms with Crippen LogP contribution >= 0.6 is 0 Å². The van der Waals surface area contributed by atoms with Crippen molar-refractivity contribution in [2.75, 3.05) is 0 Å². The van der Waals surface area contributed by atoms with Crippen LogP contribution in [0.15, 0.2) is 12.5 Å². The average molecular weight is 252 g/mol. The molecule has 5 N–H and O–H groups in total. The fourth-order valence-corrected chi connectivity index (χ4v) is 1.97. The summed E-state index contributed by atoms with van der Waals surface area (Å²) in [6.45, 7) is 0. The molecule has 1 aromatic rings. The highest BCUT2D eigenvalue weighted by Crippen LogP contribution is 2.32. The van der Waals surface area contributed by atoms with E-state index in [0.717, 1.165) is 6.42 Å². The lowest BCUT2D eigenvalue weighted by molar-refractivity contribution is -0.152. The first-order valence-corrected chi connectivity index (χ1v) is 5.82. The van der Waals surface area contributed by atoms with E-state index in [2.05, 4.69) is 15.3 Å². The highest BCUT2D eigenvalue weighted by molar-refractivity contribution is 5.90. The number of nitrogens with one attached hydrogen (secondary N) is 2. The van der Waals surface area contributed by atoms with Crippen LogP contribution in [0, 0.1) is 0 Å². The van der Waals surface area contributed by atoms with Gasteiger partial charge >= 0.3 is 5.97 Å². The number of carbonyl (C=O) groups is 2. The zero-order valence-corrected chi connectivity index (χ0v) is 9.85. The Balaban J connectivity index is 1.93. The first-order chi connectivity index (χ1) is 8.53.